The number of benzene rings is 1. The number of rotatable bonds is 15. The molecule has 0 aliphatic carbocycles. The largest absolute Gasteiger partial charge is 0.494 e. The van der Waals surface area contributed by atoms with E-state index in [0.29, 0.717) is 12.7 Å². The highest BCUT2D eigenvalue weighted by Gasteiger charge is 2.19. The summed E-state index contributed by atoms with van der Waals surface area (Å²) < 4.78 is 11.6. The number of ether oxygens (including phenoxy) is 2. The van der Waals surface area contributed by atoms with E-state index in [1.54, 1.807) is 6.26 Å². The summed E-state index contributed by atoms with van der Waals surface area (Å²) in [5.41, 5.74) is 1.25. The van der Waals surface area contributed by atoms with Gasteiger partial charge in [0.05, 0.1) is 19.0 Å². The fourth-order valence-electron chi connectivity index (χ4n) is 3.32. The predicted molar refractivity (Wildman–Crippen MR) is 105 cm³/mol. The summed E-state index contributed by atoms with van der Waals surface area (Å²) in [4.78, 5) is 0. The molecule has 2 atom stereocenters. The molecule has 2 unspecified atom stereocenters. The van der Waals surface area contributed by atoms with Gasteiger partial charge in [-0.05, 0) is 18.1 Å². The van der Waals surface area contributed by atoms with Crippen molar-refractivity contribution in [3.05, 3.63) is 48.2 Å². The van der Waals surface area contributed by atoms with Crippen molar-refractivity contribution >= 4 is 0 Å². The summed E-state index contributed by atoms with van der Waals surface area (Å²) >= 11 is 0. The van der Waals surface area contributed by atoms with E-state index in [2.05, 4.69) is 43.3 Å². The second-order valence-corrected chi connectivity index (χ2v) is 7.27. The lowest BCUT2D eigenvalue weighted by molar-refractivity contribution is -0.00452. The summed E-state index contributed by atoms with van der Waals surface area (Å²) in [5, 5.41) is 0. The van der Waals surface area contributed by atoms with Gasteiger partial charge in [0.25, 0.3) is 0 Å². The molecule has 1 aliphatic rings. The van der Waals surface area contributed by atoms with E-state index in [4.69, 9.17) is 9.47 Å². The molecular weight excluding hydrogens is 308 g/mol. The van der Waals surface area contributed by atoms with Crippen LogP contribution in [0.25, 0.3) is 0 Å². The Morgan fingerprint density at radius 1 is 0.920 bits per heavy atom. The summed E-state index contributed by atoms with van der Waals surface area (Å²) in [6.45, 7) is 2.99. The van der Waals surface area contributed by atoms with E-state index in [1.165, 1.54) is 63.4 Å². The molecule has 0 amide bonds. The van der Waals surface area contributed by atoms with Gasteiger partial charge < -0.3 is 9.47 Å². The highest BCUT2D eigenvalue weighted by atomic mass is 16.5. The maximum absolute atomic E-state index is 6.19. The molecule has 1 aromatic carbocycles. The van der Waals surface area contributed by atoms with Crippen molar-refractivity contribution in [1.29, 1.82) is 0 Å². The molecule has 0 saturated heterocycles. The molecule has 0 spiro atoms. The van der Waals surface area contributed by atoms with E-state index in [0.717, 1.165) is 12.8 Å². The molecule has 0 saturated carbocycles. The molecule has 25 heavy (non-hydrogen) atoms. The molecule has 1 aliphatic heterocycles. The minimum absolute atomic E-state index is 0.263. The van der Waals surface area contributed by atoms with E-state index in [-0.39, 0.29) is 6.10 Å². The van der Waals surface area contributed by atoms with Gasteiger partial charge in [-0.1, -0.05) is 95.0 Å². The molecule has 2 rings (SSSR count). The van der Waals surface area contributed by atoms with Crippen molar-refractivity contribution in [2.75, 3.05) is 0 Å². The average molecular weight is 345 g/mol. The summed E-state index contributed by atoms with van der Waals surface area (Å²) in [6, 6.07) is 10.5. The van der Waals surface area contributed by atoms with Crippen molar-refractivity contribution < 1.29 is 9.47 Å². The van der Waals surface area contributed by atoms with Crippen LogP contribution in [0.4, 0.5) is 0 Å². The lowest BCUT2D eigenvalue weighted by Crippen LogP contribution is -2.24. The highest BCUT2D eigenvalue weighted by Crippen LogP contribution is 2.21. The quantitative estimate of drug-likeness (QED) is 0.326. The Morgan fingerprint density at radius 3 is 2.16 bits per heavy atom. The standard InChI is InChI=1S/C23H36O2/c1-2-3-4-5-6-7-8-9-13-16-22(19-23-17-18-24-23)25-20-21-14-11-10-12-15-21/h10-12,14-15,17-18,22-23H,2-9,13,16,19-20H2,1H3. The predicted octanol–water partition coefficient (Wildman–Crippen LogP) is 6.80. The zero-order valence-electron chi connectivity index (χ0n) is 16.0. The van der Waals surface area contributed by atoms with Crippen LogP contribution in [0.15, 0.2) is 42.7 Å². The van der Waals surface area contributed by atoms with Crippen LogP contribution in [0.1, 0.15) is 83.1 Å². The van der Waals surface area contributed by atoms with Crippen LogP contribution >= 0.6 is 0 Å². The van der Waals surface area contributed by atoms with E-state index in [9.17, 15) is 0 Å². The van der Waals surface area contributed by atoms with Gasteiger partial charge in [-0.3, -0.25) is 0 Å². The van der Waals surface area contributed by atoms with Crippen LogP contribution < -0.4 is 0 Å². The molecule has 0 aromatic heterocycles. The minimum atomic E-state index is 0.263. The molecule has 0 fully saturated rings. The Kier molecular flexibility index (Phi) is 10.4. The number of hydrogen-bond acceptors (Lipinski definition) is 2. The van der Waals surface area contributed by atoms with Crippen LogP contribution in [-0.4, -0.2) is 12.2 Å². The summed E-state index contributed by atoms with van der Waals surface area (Å²) in [5.74, 6) is 0. The zero-order valence-corrected chi connectivity index (χ0v) is 16.0. The van der Waals surface area contributed by atoms with Gasteiger partial charge in [-0.2, -0.15) is 0 Å². The van der Waals surface area contributed by atoms with Gasteiger partial charge in [0, 0.05) is 6.42 Å². The van der Waals surface area contributed by atoms with Crippen molar-refractivity contribution in [2.45, 2.75) is 96.4 Å². The van der Waals surface area contributed by atoms with Crippen LogP contribution in [0.5, 0.6) is 0 Å². The zero-order chi connectivity index (χ0) is 17.6. The first-order chi connectivity index (χ1) is 12.4. The topological polar surface area (TPSA) is 18.5 Å². The van der Waals surface area contributed by atoms with Gasteiger partial charge in [0.1, 0.15) is 6.10 Å². The molecule has 1 heterocycles. The lowest BCUT2D eigenvalue weighted by Gasteiger charge is -2.25. The van der Waals surface area contributed by atoms with Crippen molar-refractivity contribution in [1.82, 2.24) is 0 Å². The van der Waals surface area contributed by atoms with Crippen LogP contribution in [0.3, 0.4) is 0 Å². The average Bonchev–Trinajstić information content (AvgIpc) is 2.61. The Labute approximate surface area is 154 Å². The van der Waals surface area contributed by atoms with Crippen molar-refractivity contribution in [3.8, 4) is 0 Å². The van der Waals surface area contributed by atoms with Crippen LogP contribution in [0.2, 0.25) is 0 Å². The van der Waals surface area contributed by atoms with E-state index in [1.807, 2.05) is 0 Å². The van der Waals surface area contributed by atoms with Crippen LogP contribution in [0, 0.1) is 0 Å². The van der Waals surface area contributed by atoms with Gasteiger partial charge in [0.15, 0.2) is 0 Å². The SMILES string of the molecule is CCCCCCCCCCCC(CC1C=CO1)OCc1ccccc1. The second-order valence-electron chi connectivity index (χ2n) is 7.27. The Hall–Kier alpha value is -1.28. The first-order valence-corrected chi connectivity index (χ1v) is 10.4. The highest BCUT2D eigenvalue weighted by molar-refractivity contribution is 5.13. The lowest BCUT2D eigenvalue weighted by atomic mass is 10.0. The summed E-state index contributed by atoms with van der Waals surface area (Å²) in [7, 11) is 0. The molecule has 140 valence electrons. The molecule has 2 nitrogen and oxygen atoms in total. The molecular formula is C23H36O2. The first-order valence-electron chi connectivity index (χ1n) is 10.4. The maximum atomic E-state index is 6.19. The maximum Gasteiger partial charge on any atom is 0.122 e. The Balaban J connectivity index is 1.57. The Bertz CT molecular complexity index is 454. The van der Waals surface area contributed by atoms with E-state index < -0.39 is 0 Å². The van der Waals surface area contributed by atoms with Gasteiger partial charge >= 0.3 is 0 Å². The fourth-order valence-corrected chi connectivity index (χ4v) is 3.32. The second kappa shape index (κ2) is 13.0. The third-order valence-corrected chi connectivity index (χ3v) is 5.00. The van der Waals surface area contributed by atoms with Crippen LogP contribution in [-0.2, 0) is 16.1 Å². The van der Waals surface area contributed by atoms with Gasteiger partial charge in [-0.25, -0.2) is 0 Å². The summed E-state index contributed by atoms with van der Waals surface area (Å²) in [6.07, 6.45) is 19.0. The normalized spacial score (nSPS) is 17.1. The third-order valence-electron chi connectivity index (χ3n) is 5.00. The molecule has 0 radical (unpaired) electrons. The Morgan fingerprint density at radius 2 is 1.56 bits per heavy atom. The minimum Gasteiger partial charge on any atom is -0.494 e. The molecule has 0 N–H and O–H groups in total. The fraction of sp³-hybridized carbons (Fsp3) is 0.652. The molecule has 0 bridgehead atoms. The monoisotopic (exact) mass is 344 g/mol. The first kappa shape index (κ1) is 20.0. The van der Waals surface area contributed by atoms with Crippen molar-refractivity contribution in [2.24, 2.45) is 0 Å². The van der Waals surface area contributed by atoms with Crippen molar-refractivity contribution in [3.63, 3.8) is 0 Å². The molecule has 2 heteroatoms. The molecule has 1 aromatic rings. The smallest absolute Gasteiger partial charge is 0.122 e. The third kappa shape index (κ3) is 9.11. The van der Waals surface area contributed by atoms with E-state index >= 15 is 0 Å². The van der Waals surface area contributed by atoms with Gasteiger partial charge in [-0.15, -0.1) is 0 Å². The number of hydrogen-bond donors (Lipinski definition) is 0. The van der Waals surface area contributed by atoms with Gasteiger partial charge in [0.2, 0.25) is 0 Å². The number of unbranched alkanes of at least 4 members (excludes halogenated alkanes) is 8.